The van der Waals surface area contributed by atoms with Gasteiger partial charge in [0, 0.05) is 6.21 Å². The number of benzene rings is 1. The summed E-state index contributed by atoms with van der Waals surface area (Å²) in [5, 5.41) is 9.04. The molecule has 0 spiro atoms. The summed E-state index contributed by atoms with van der Waals surface area (Å²) in [7, 11) is 0. The van der Waals surface area contributed by atoms with Crippen LogP contribution in [0.3, 0.4) is 0 Å². The van der Waals surface area contributed by atoms with Crippen LogP contribution >= 0.6 is 0 Å². The third-order valence-corrected chi connectivity index (χ3v) is 2.22. The molecule has 0 aromatic heterocycles. The number of hydrogen-bond donors (Lipinski definition) is 1. The standard InChI is InChI=1S/C12H16FNO/c1-9(2)12(8-15)14-7-10-4-3-5-11(13)6-10/h3-7,9,12,15H,8H2,1-2H3/b14-7+/t12-/m0/s1. The molecular formula is C12H16FNO. The Morgan fingerprint density at radius 3 is 2.73 bits per heavy atom. The van der Waals surface area contributed by atoms with Gasteiger partial charge in [0.1, 0.15) is 5.82 Å². The molecule has 0 aliphatic carbocycles. The van der Waals surface area contributed by atoms with Gasteiger partial charge < -0.3 is 5.11 Å². The van der Waals surface area contributed by atoms with E-state index < -0.39 is 0 Å². The van der Waals surface area contributed by atoms with Gasteiger partial charge in [0.15, 0.2) is 0 Å². The van der Waals surface area contributed by atoms with E-state index in [9.17, 15) is 4.39 Å². The zero-order chi connectivity index (χ0) is 11.3. The Morgan fingerprint density at radius 2 is 2.20 bits per heavy atom. The van der Waals surface area contributed by atoms with E-state index in [-0.39, 0.29) is 24.4 Å². The van der Waals surface area contributed by atoms with Crippen molar-refractivity contribution in [1.29, 1.82) is 0 Å². The van der Waals surface area contributed by atoms with Gasteiger partial charge in [0.25, 0.3) is 0 Å². The third-order valence-electron chi connectivity index (χ3n) is 2.22. The minimum absolute atomic E-state index is 0.0173. The van der Waals surface area contributed by atoms with E-state index in [1.54, 1.807) is 18.3 Å². The highest BCUT2D eigenvalue weighted by atomic mass is 19.1. The Morgan fingerprint density at radius 1 is 1.47 bits per heavy atom. The van der Waals surface area contributed by atoms with E-state index in [0.29, 0.717) is 5.56 Å². The van der Waals surface area contributed by atoms with E-state index in [2.05, 4.69) is 4.99 Å². The molecule has 3 heteroatoms. The molecule has 0 aliphatic rings. The van der Waals surface area contributed by atoms with Gasteiger partial charge in [-0.15, -0.1) is 0 Å². The zero-order valence-corrected chi connectivity index (χ0v) is 9.02. The molecule has 15 heavy (non-hydrogen) atoms. The van der Waals surface area contributed by atoms with Crippen molar-refractivity contribution in [3.63, 3.8) is 0 Å². The molecular weight excluding hydrogens is 193 g/mol. The van der Waals surface area contributed by atoms with Crippen LogP contribution in [0.15, 0.2) is 29.3 Å². The molecule has 1 aromatic carbocycles. The smallest absolute Gasteiger partial charge is 0.123 e. The molecule has 0 heterocycles. The number of hydrogen-bond acceptors (Lipinski definition) is 2. The Bertz CT molecular complexity index is 336. The van der Waals surface area contributed by atoms with Gasteiger partial charge in [0.05, 0.1) is 12.6 Å². The molecule has 1 N–H and O–H groups in total. The van der Waals surface area contributed by atoms with Crippen LogP contribution in [0.5, 0.6) is 0 Å². The molecule has 1 aromatic rings. The van der Waals surface area contributed by atoms with E-state index in [1.807, 2.05) is 13.8 Å². The highest BCUT2D eigenvalue weighted by molar-refractivity contribution is 5.79. The van der Waals surface area contributed by atoms with Gasteiger partial charge in [-0.05, 0) is 23.6 Å². The minimum Gasteiger partial charge on any atom is -0.394 e. The Hall–Kier alpha value is -1.22. The predicted molar refractivity (Wildman–Crippen MR) is 59.7 cm³/mol. The summed E-state index contributed by atoms with van der Waals surface area (Å²) in [5.74, 6) is 0.00357. The second-order valence-electron chi connectivity index (χ2n) is 3.83. The van der Waals surface area contributed by atoms with Crippen molar-refractivity contribution in [2.24, 2.45) is 10.9 Å². The summed E-state index contributed by atoms with van der Waals surface area (Å²) >= 11 is 0. The van der Waals surface area contributed by atoms with Crippen LogP contribution in [0, 0.1) is 11.7 Å². The van der Waals surface area contributed by atoms with Crippen molar-refractivity contribution < 1.29 is 9.50 Å². The van der Waals surface area contributed by atoms with Crippen molar-refractivity contribution in [3.8, 4) is 0 Å². The van der Waals surface area contributed by atoms with Crippen LogP contribution in [0.2, 0.25) is 0 Å². The third kappa shape index (κ3) is 3.80. The molecule has 0 aliphatic heterocycles. The predicted octanol–water partition coefficient (Wildman–Crippen LogP) is 2.26. The lowest BCUT2D eigenvalue weighted by Gasteiger charge is -2.12. The number of aliphatic imine (C=N–C) groups is 1. The highest BCUT2D eigenvalue weighted by Gasteiger charge is 2.08. The number of halogens is 1. The van der Waals surface area contributed by atoms with E-state index in [4.69, 9.17) is 5.11 Å². The van der Waals surface area contributed by atoms with Gasteiger partial charge in [-0.1, -0.05) is 26.0 Å². The molecule has 0 bridgehead atoms. The zero-order valence-electron chi connectivity index (χ0n) is 9.02. The highest BCUT2D eigenvalue weighted by Crippen LogP contribution is 2.06. The van der Waals surface area contributed by atoms with Crippen LogP contribution in [0.1, 0.15) is 19.4 Å². The van der Waals surface area contributed by atoms with Crippen LogP contribution in [-0.2, 0) is 0 Å². The van der Waals surface area contributed by atoms with Crippen molar-refractivity contribution in [3.05, 3.63) is 35.6 Å². The molecule has 1 rings (SSSR count). The molecule has 0 amide bonds. The van der Waals surface area contributed by atoms with Crippen LogP contribution in [0.25, 0.3) is 0 Å². The van der Waals surface area contributed by atoms with Crippen molar-refractivity contribution in [2.75, 3.05) is 6.61 Å². The first kappa shape index (κ1) is 11.9. The Labute approximate surface area is 89.5 Å². The molecule has 0 radical (unpaired) electrons. The summed E-state index contributed by atoms with van der Waals surface area (Å²) in [6.45, 7) is 4.00. The summed E-state index contributed by atoms with van der Waals surface area (Å²) in [4.78, 5) is 4.21. The fourth-order valence-electron chi connectivity index (χ4n) is 1.20. The number of aliphatic hydroxyl groups is 1. The fourth-order valence-corrected chi connectivity index (χ4v) is 1.20. The molecule has 0 saturated heterocycles. The SMILES string of the molecule is CC(C)[C@H](CO)/N=C/c1cccc(F)c1. The molecule has 0 unspecified atom stereocenters. The van der Waals surface area contributed by atoms with Gasteiger partial charge in [-0.3, -0.25) is 4.99 Å². The maximum Gasteiger partial charge on any atom is 0.123 e. The molecule has 82 valence electrons. The second kappa shape index (κ2) is 5.61. The second-order valence-corrected chi connectivity index (χ2v) is 3.83. The van der Waals surface area contributed by atoms with Crippen molar-refractivity contribution in [1.82, 2.24) is 0 Å². The largest absolute Gasteiger partial charge is 0.394 e. The van der Waals surface area contributed by atoms with Crippen LogP contribution in [0.4, 0.5) is 4.39 Å². The number of nitrogens with zero attached hydrogens (tertiary/aromatic N) is 1. The van der Waals surface area contributed by atoms with Gasteiger partial charge >= 0.3 is 0 Å². The van der Waals surface area contributed by atoms with E-state index in [0.717, 1.165) is 0 Å². The van der Waals surface area contributed by atoms with Gasteiger partial charge in [0.2, 0.25) is 0 Å². The molecule has 0 saturated carbocycles. The first-order valence-electron chi connectivity index (χ1n) is 5.03. The maximum absolute atomic E-state index is 12.8. The van der Waals surface area contributed by atoms with E-state index in [1.165, 1.54) is 12.1 Å². The Kier molecular flexibility index (Phi) is 4.43. The normalized spacial score (nSPS) is 13.7. The van der Waals surface area contributed by atoms with Crippen molar-refractivity contribution in [2.45, 2.75) is 19.9 Å². The maximum atomic E-state index is 12.8. The average molecular weight is 209 g/mol. The summed E-state index contributed by atoms with van der Waals surface area (Å²) in [6, 6.07) is 6.11. The fraction of sp³-hybridized carbons (Fsp3) is 0.417. The molecule has 1 atom stereocenters. The average Bonchev–Trinajstić information content (AvgIpc) is 2.18. The lowest BCUT2D eigenvalue weighted by Crippen LogP contribution is -2.17. The molecule has 2 nitrogen and oxygen atoms in total. The lowest BCUT2D eigenvalue weighted by atomic mass is 10.1. The van der Waals surface area contributed by atoms with E-state index >= 15 is 0 Å². The topological polar surface area (TPSA) is 32.6 Å². The number of rotatable bonds is 4. The molecule has 0 fully saturated rings. The Balaban J connectivity index is 2.71. The van der Waals surface area contributed by atoms with Gasteiger partial charge in [-0.25, -0.2) is 4.39 Å². The lowest BCUT2D eigenvalue weighted by molar-refractivity contribution is 0.240. The monoisotopic (exact) mass is 209 g/mol. The van der Waals surface area contributed by atoms with Gasteiger partial charge in [-0.2, -0.15) is 0 Å². The van der Waals surface area contributed by atoms with Crippen LogP contribution < -0.4 is 0 Å². The van der Waals surface area contributed by atoms with Crippen molar-refractivity contribution >= 4 is 6.21 Å². The summed E-state index contributed by atoms with van der Waals surface area (Å²) in [6.07, 6.45) is 1.60. The summed E-state index contributed by atoms with van der Waals surface area (Å²) < 4.78 is 12.8. The number of aliphatic hydroxyl groups excluding tert-OH is 1. The van der Waals surface area contributed by atoms with Crippen LogP contribution in [-0.4, -0.2) is 24.0 Å². The first-order chi connectivity index (χ1) is 7.13. The minimum atomic E-state index is -0.274. The quantitative estimate of drug-likeness (QED) is 0.758. The summed E-state index contributed by atoms with van der Waals surface area (Å²) in [5.41, 5.74) is 0.717. The first-order valence-corrected chi connectivity index (χ1v) is 5.03.